The molecule has 3 atom stereocenters. The first-order valence-electron chi connectivity index (χ1n) is 11.8. The lowest BCUT2D eigenvalue weighted by atomic mass is 9.83. The lowest BCUT2D eigenvalue weighted by Gasteiger charge is -2.33. The fourth-order valence-electron chi connectivity index (χ4n) is 5.07. The number of benzene rings is 4. The summed E-state index contributed by atoms with van der Waals surface area (Å²) in [5.41, 5.74) is 4.54. The fourth-order valence-corrected chi connectivity index (χ4v) is 5.07. The summed E-state index contributed by atoms with van der Waals surface area (Å²) in [7, 11) is 0. The van der Waals surface area contributed by atoms with Gasteiger partial charge in [-0.25, -0.2) is 4.79 Å². The highest BCUT2D eigenvalue weighted by molar-refractivity contribution is 5.89. The number of carboxylic acid groups (broad SMARTS) is 1. The highest BCUT2D eigenvalue weighted by Gasteiger charge is 2.30. The van der Waals surface area contributed by atoms with Gasteiger partial charge in [0.2, 0.25) is 0 Å². The van der Waals surface area contributed by atoms with Crippen molar-refractivity contribution in [1.82, 2.24) is 5.32 Å². The first kappa shape index (κ1) is 22.2. The van der Waals surface area contributed by atoms with Gasteiger partial charge >= 0.3 is 5.97 Å². The topological polar surface area (TPSA) is 58.6 Å². The molecule has 34 heavy (non-hydrogen) atoms. The Morgan fingerprint density at radius 2 is 1.79 bits per heavy atom. The normalized spacial score (nSPS) is 18.2. The molecule has 4 nitrogen and oxygen atoms in total. The second-order valence-corrected chi connectivity index (χ2v) is 9.14. The predicted octanol–water partition coefficient (Wildman–Crippen LogP) is 6.48. The number of nitrogens with one attached hydrogen (secondary N) is 1. The van der Waals surface area contributed by atoms with Gasteiger partial charge in [0, 0.05) is 24.1 Å². The Bertz CT molecular complexity index is 1340. The predicted molar refractivity (Wildman–Crippen MR) is 136 cm³/mol. The quantitative estimate of drug-likeness (QED) is 0.352. The third-order valence-corrected chi connectivity index (χ3v) is 6.92. The Labute approximate surface area is 200 Å². The molecule has 0 saturated heterocycles. The van der Waals surface area contributed by atoms with Crippen molar-refractivity contribution in [3.8, 4) is 5.75 Å². The van der Waals surface area contributed by atoms with E-state index in [-0.39, 0.29) is 18.1 Å². The average molecular weight is 452 g/mol. The fraction of sp³-hybridized carbons (Fsp3) is 0.233. The zero-order valence-corrected chi connectivity index (χ0v) is 19.5. The van der Waals surface area contributed by atoms with Crippen LogP contribution in [0.25, 0.3) is 10.8 Å². The van der Waals surface area contributed by atoms with Crippen LogP contribution in [0.4, 0.5) is 0 Å². The Kier molecular flexibility index (Phi) is 6.08. The van der Waals surface area contributed by atoms with Crippen molar-refractivity contribution in [2.24, 2.45) is 0 Å². The van der Waals surface area contributed by atoms with Gasteiger partial charge in [0.25, 0.3) is 0 Å². The minimum Gasteiger partial charge on any atom is -0.489 e. The number of carbonyl (C=O) groups is 1. The van der Waals surface area contributed by atoms with E-state index < -0.39 is 5.97 Å². The first-order valence-corrected chi connectivity index (χ1v) is 11.8. The molecule has 0 unspecified atom stereocenters. The highest BCUT2D eigenvalue weighted by atomic mass is 16.5. The van der Waals surface area contributed by atoms with Crippen LogP contribution in [0.15, 0.2) is 84.9 Å². The van der Waals surface area contributed by atoms with Crippen molar-refractivity contribution in [1.29, 1.82) is 0 Å². The van der Waals surface area contributed by atoms with Gasteiger partial charge in [-0.3, -0.25) is 0 Å². The summed E-state index contributed by atoms with van der Waals surface area (Å²) in [6.07, 6.45) is 0.765. The molecule has 2 N–H and O–H groups in total. The molecule has 0 aromatic heterocycles. The molecule has 172 valence electrons. The molecule has 0 bridgehead atoms. The summed E-state index contributed by atoms with van der Waals surface area (Å²) in [6.45, 7) is 4.73. The number of para-hydroxylation sites is 1. The molecule has 1 aliphatic rings. The van der Waals surface area contributed by atoms with E-state index in [1.165, 1.54) is 16.3 Å². The van der Waals surface area contributed by atoms with Gasteiger partial charge in [0.1, 0.15) is 11.9 Å². The van der Waals surface area contributed by atoms with Crippen molar-refractivity contribution in [2.45, 2.75) is 38.3 Å². The van der Waals surface area contributed by atoms with Crippen LogP contribution in [-0.4, -0.2) is 23.7 Å². The van der Waals surface area contributed by atoms with E-state index in [0.29, 0.717) is 12.1 Å². The maximum absolute atomic E-state index is 11.7. The minimum absolute atomic E-state index is 0.0214. The molecule has 4 aromatic carbocycles. The minimum atomic E-state index is -0.887. The smallest absolute Gasteiger partial charge is 0.335 e. The van der Waals surface area contributed by atoms with Crippen molar-refractivity contribution in [3.05, 3.63) is 113 Å². The van der Waals surface area contributed by atoms with Crippen LogP contribution in [0.2, 0.25) is 0 Å². The summed E-state index contributed by atoms with van der Waals surface area (Å²) in [4.78, 5) is 11.7. The molecule has 0 fully saturated rings. The third-order valence-electron chi connectivity index (χ3n) is 6.92. The lowest BCUT2D eigenvalue weighted by Crippen LogP contribution is -2.37. The van der Waals surface area contributed by atoms with Gasteiger partial charge in [-0.1, -0.05) is 72.8 Å². The lowest BCUT2D eigenvalue weighted by molar-refractivity contribution is 0.0696. The van der Waals surface area contributed by atoms with Crippen LogP contribution in [0, 0.1) is 6.92 Å². The summed E-state index contributed by atoms with van der Waals surface area (Å²) in [6, 6.07) is 29.0. The van der Waals surface area contributed by atoms with E-state index in [2.05, 4.69) is 66.8 Å². The Morgan fingerprint density at radius 1 is 1.03 bits per heavy atom. The number of fused-ring (bicyclic) bond motifs is 2. The summed E-state index contributed by atoms with van der Waals surface area (Å²) < 4.78 is 6.38. The standard InChI is InChI=1S/C30H29NO3/c1-19-14-15-22(16-27(19)30(32)33)28-17-23(34-29-13-6-5-11-26(28)29)18-31-20(2)24-12-7-9-21-8-3-4-10-25(21)24/h3-16,20,23,28,31H,17-18H2,1-2H3,(H,32,33)/t20-,23-,28+/m1/s1. The number of carboxylic acids is 1. The largest absolute Gasteiger partial charge is 0.489 e. The maximum atomic E-state index is 11.7. The van der Waals surface area contributed by atoms with Crippen LogP contribution in [0.1, 0.15) is 57.9 Å². The van der Waals surface area contributed by atoms with Crippen molar-refractivity contribution >= 4 is 16.7 Å². The van der Waals surface area contributed by atoms with Crippen molar-refractivity contribution in [3.63, 3.8) is 0 Å². The van der Waals surface area contributed by atoms with Gasteiger partial charge in [-0.15, -0.1) is 0 Å². The van der Waals surface area contributed by atoms with Gasteiger partial charge in [-0.2, -0.15) is 0 Å². The van der Waals surface area contributed by atoms with Crippen LogP contribution in [0.3, 0.4) is 0 Å². The monoisotopic (exact) mass is 451 g/mol. The Balaban J connectivity index is 1.39. The number of hydrogen-bond acceptors (Lipinski definition) is 3. The zero-order valence-electron chi connectivity index (χ0n) is 19.5. The number of ether oxygens (including phenoxy) is 1. The molecule has 1 aliphatic heterocycles. The number of aryl methyl sites for hydroxylation is 1. The molecule has 0 amide bonds. The van der Waals surface area contributed by atoms with Crippen LogP contribution < -0.4 is 10.1 Å². The van der Waals surface area contributed by atoms with Crippen molar-refractivity contribution in [2.75, 3.05) is 6.54 Å². The van der Waals surface area contributed by atoms with Gasteiger partial charge in [0.15, 0.2) is 0 Å². The van der Waals surface area contributed by atoms with E-state index in [9.17, 15) is 9.90 Å². The van der Waals surface area contributed by atoms with Crippen LogP contribution in [0.5, 0.6) is 5.75 Å². The van der Waals surface area contributed by atoms with Gasteiger partial charge in [-0.05, 0) is 59.9 Å². The maximum Gasteiger partial charge on any atom is 0.335 e. The molecule has 4 heteroatoms. The second-order valence-electron chi connectivity index (χ2n) is 9.14. The van der Waals surface area contributed by atoms with Crippen LogP contribution >= 0.6 is 0 Å². The molecule has 1 heterocycles. The van der Waals surface area contributed by atoms with E-state index in [0.717, 1.165) is 28.9 Å². The second kappa shape index (κ2) is 9.32. The molecular weight excluding hydrogens is 422 g/mol. The third kappa shape index (κ3) is 4.29. The SMILES string of the molecule is Cc1ccc([C@@H]2C[C@H](CN[C@H](C)c3cccc4ccccc34)Oc3ccccc32)cc1C(=O)O. The number of rotatable bonds is 6. The van der Waals surface area contributed by atoms with E-state index in [1.807, 2.05) is 37.3 Å². The summed E-state index contributed by atoms with van der Waals surface area (Å²) >= 11 is 0. The molecular formula is C30H29NO3. The highest BCUT2D eigenvalue weighted by Crippen LogP contribution is 2.40. The number of hydrogen-bond donors (Lipinski definition) is 2. The molecule has 0 radical (unpaired) electrons. The van der Waals surface area contributed by atoms with Crippen molar-refractivity contribution < 1.29 is 14.6 Å². The van der Waals surface area contributed by atoms with E-state index in [4.69, 9.17) is 4.74 Å². The van der Waals surface area contributed by atoms with Gasteiger partial charge in [0.05, 0.1) is 5.56 Å². The van der Waals surface area contributed by atoms with Crippen LogP contribution in [-0.2, 0) is 0 Å². The molecule has 0 aliphatic carbocycles. The molecule has 0 spiro atoms. The first-order chi connectivity index (χ1) is 16.5. The zero-order chi connectivity index (χ0) is 23.7. The van der Waals surface area contributed by atoms with E-state index >= 15 is 0 Å². The number of aromatic carboxylic acids is 1. The molecule has 5 rings (SSSR count). The summed E-state index contributed by atoms with van der Waals surface area (Å²) in [5, 5.41) is 15.8. The van der Waals surface area contributed by atoms with E-state index in [1.54, 1.807) is 0 Å². The summed E-state index contributed by atoms with van der Waals surface area (Å²) in [5.74, 6) is 0.0750. The van der Waals surface area contributed by atoms with Gasteiger partial charge < -0.3 is 15.2 Å². The Hall–Kier alpha value is -3.63. The molecule has 4 aromatic rings. The Morgan fingerprint density at radius 3 is 2.65 bits per heavy atom. The average Bonchev–Trinajstić information content (AvgIpc) is 2.86. The molecule has 0 saturated carbocycles.